The van der Waals surface area contributed by atoms with Gasteiger partial charge in [0.25, 0.3) is 0 Å². The van der Waals surface area contributed by atoms with Crippen LogP contribution < -0.4 is 10.6 Å². The third-order valence-corrected chi connectivity index (χ3v) is 2.26. The fourth-order valence-electron chi connectivity index (χ4n) is 1.49. The highest BCUT2D eigenvalue weighted by Crippen LogP contribution is 2.04. The van der Waals surface area contributed by atoms with Gasteiger partial charge in [-0.25, -0.2) is 0 Å². The van der Waals surface area contributed by atoms with Crippen molar-refractivity contribution in [2.45, 2.75) is 52.5 Å². The summed E-state index contributed by atoms with van der Waals surface area (Å²) < 4.78 is 0. The third kappa shape index (κ3) is 5.97. The normalized spacial score (nSPS) is 21.5. The molecule has 0 spiro atoms. The molecular formula is C11H24N2O. The average molecular weight is 200 g/mol. The standard InChI is InChI=1S/C9H18N2O.C2H6/c1-2-9(12)11-8-4-3-6-10-7-5-8;1-2/h8,10H,2-7H2,1H3,(H,11,12);1-2H3. The summed E-state index contributed by atoms with van der Waals surface area (Å²) in [6.45, 7) is 8.03. The summed E-state index contributed by atoms with van der Waals surface area (Å²) in [5.41, 5.74) is 0. The van der Waals surface area contributed by atoms with E-state index in [1.807, 2.05) is 20.8 Å². The SMILES string of the molecule is CC.CCC(=O)NC1CCCNCC1. The summed E-state index contributed by atoms with van der Waals surface area (Å²) in [7, 11) is 0. The molecule has 3 nitrogen and oxygen atoms in total. The maximum atomic E-state index is 11.1. The first kappa shape index (κ1) is 13.4. The highest BCUT2D eigenvalue weighted by molar-refractivity contribution is 5.75. The highest BCUT2D eigenvalue weighted by Gasteiger charge is 2.12. The van der Waals surface area contributed by atoms with Crippen molar-refractivity contribution < 1.29 is 4.79 Å². The second-order valence-electron chi connectivity index (χ2n) is 3.30. The lowest BCUT2D eigenvalue weighted by Crippen LogP contribution is -2.34. The van der Waals surface area contributed by atoms with E-state index in [2.05, 4.69) is 10.6 Å². The van der Waals surface area contributed by atoms with E-state index in [1.165, 1.54) is 6.42 Å². The van der Waals surface area contributed by atoms with Crippen LogP contribution in [0.4, 0.5) is 0 Å². The molecule has 1 aliphatic rings. The number of carbonyl (C=O) groups excluding carboxylic acids is 1. The van der Waals surface area contributed by atoms with Crippen LogP contribution in [0.1, 0.15) is 46.5 Å². The van der Waals surface area contributed by atoms with E-state index in [0.717, 1.165) is 25.9 Å². The smallest absolute Gasteiger partial charge is 0.219 e. The molecule has 0 aliphatic carbocycles. The summed E-state index contributed by atoms with van der Waals surface area (Å²) >= 11 is 0. The number of rotatable bonds is 2. The predicted molar refractivity (Wildman–Crippen MR) is 60.3 cm³/mol. The molecule has 0 aromatic rings. The quantitative estimate of drug-likeness (QED) is 0.712. The fourth-order valence-corrected chi connectivity index (χ4v) is 1.49. The monoisotopic (exact) mass is 200 g/mol. The van der Waals surface area contributed by atoms with Gasteiger partial charge in [0.1, 0.15) is 0 Å². The second kappa shape index (κ2) is 9.00. The lowest BCUT2D eigenvalue weighted by molar-refractivity contribution is -0.121. The van der Waals surface area contributed by atoms with E-state index in [9.17, 15) is 4.79 Å². The van der Waals surface area contributed by atoms with Gasteiger partial charge in [0.15, 0.2) is 0 Å². The molecule has 0 saturated carbocycles. The lowest BCUT2D eigenvalue weighted by Gasteiger charge is -2.14. The molecule has 14 heavy (non-hydrogen) atoms. The van der Waals surface area contributed by atoms with Crippen molar-refractivity contribution in [2.75, 3.05) is 13.1 Å². The Kier molecular flexibility index (Phi) is 8.64. The zero-order valence-corrected chi connectivity index (χ0v) is 9.73. The van der Waals surface area contributed by atoms with Crippen molar-refractivity contribution >= 4 is 5.91 Å². The summed E-state index contributed by atoms with van der Waals surface area (Å²) in [5, 5.41) is 6.35. The van der Waals surface area contributed by atoms with Crippen LogP contribution >= 0.6 is 0 Å². The van der Waals surface area contributed by atoms with Gasteiger partial charge >= 0.3 is 0 Å². The van der Waals surface area contributed by atoms with Crippen LogP contribution in [0.3, 0.4) is 0 Å². The molecule has 3 heteroatoms. The molecule has 1 saturated heterocycles. The maximum absolute atomic E-state index is 11.1. The molecule has 1 fully saturated rings. The summed E-state index contributed by atoms with van der Waals surface area (Å²) in [4.78, 5) is 11.1. The first-order valence-corrected chi connectivity index (χ1v) is 5.83. The Balaban J connectivity index is 0.000000791. The van der Waals surface area contributed by atoms with E-state index in [4.69, 9.17) is 0 Å². The van der Waals surface area contributed by atoms with Gasteiger partial charge in [0, 0.05) is 12.5 Å². The van der Waals surface area contributed by atoms with Crippen LogP contribution in [0.2, 0.25) is 0 Å². The van der Waals surface area contributed by atoms with Crippen molar-refractivity contribution in [2.24, 2.45) is 0 Å². The van der Waals surface area contributed by atoms with Gasteiger partial charge in [-0.3, -0.25) is 4.79 Å². The minimum Gasteiger partial charge on any atom is -0.353 e. The number of carbonyl (C=O) groups is 1. The van der Waals surface area contributed by atoms with Crippen LogP contribution in [-0.4, -0.2) is 25.0 Å². The van der Waals surface area contributed by atoms with Gasteiger partial charge in [0.2, 0.25) is 5.91 Å². The van der Waals surface area contributed by atoms with Gasteiger partial charge in [-0.1, -0.05) is 20.8 Å². The molecule has 1 rings (SSSR count). The summed E-state index contributed by atoms with van der Waals surface area (Å²) in [6, 6.07) is 0.410. The van der Waals surface area contributed by atoms with Crippen molar-refractivity contribution in [3.63, 3.8) is 0 Å². The van der Waals surface area contributed by atoms with Crippen molar-refractivity contribution in [3.05, 3.63) is 0 Å². The summed E-state index contributed by atoms with van der Waals surface area (Å²) in [5.74, 6) is 0.182. The largest absolute Gasteiger partial charge is 0.353 e. The molecule has 1 unspecified atom stereocenters. The Morgan fingerprint density at radius 3 is 2.71 bits per heavy atom. The Bertz CT molecular complexity index is 140. The minimum atomic E-state index is 0.182. The molecule has 84 valence electrons. The second-order valence-corrected chi connectivity index (χ2v) is 3.30. The Morgan fingerprint density at radius 2 is 2.07 bits per heavy atom. The Hall–Kier alpha value is -0.570. The van der Waals surface area contributed by atoms with Gasteiger partial charge in [0.05, 0.1) is 0 Å². The van der Waals surface area contributed by atoms with Crippen LogP contribution in [-0.2, 0) is 4.79 Å². The molecule has 1 aliphatic heterocycles. The third-order valence-electron chi connectivity index (χ3n) is 2.26. The Morgan fingerprint density at radius 1 is 1.36 bits per heavy atom. The highest BCUT2D eigenvalue weighted by atomic mass is 16.1. The van der Waals surface area contributed by atoms with Gasteiger partial charge in [-0.15, -0.1) is 0 Å². The predicted octanol–water partition coefficient (Wildman–Crippen LogP) is 1.68. The molecule has 1 heterocycles. The molecule has 2 N–H and O–H groups in total. The molecule has 0 aromatic carbocycles. The maximum Gasteiger partial charge on any atom is 0.219 e. The van der Waals surface area contributed by atoms with E-state index in [-0.39, 0.29) is 5.91 Å². The van der Waals surface area contributed by atoms with Crippen LogP contribution in [0.5, 0.6) is 0 Å². The first-order valence-electron chi connectivity index (χ1n) is 5.83. The van der Waals surface area contributed by atoms with Gasteiger partial charge in [-0.2, -0.15) is 0 Å². The topological polar surface area (TPSA) is 41.1 Å². The van der Waals surface area contributed by atoms with E-state index < -0.39 is 0 Å². The molecule has 0 bridgehead atoms. The van der Waals surface area contributed by atoms with E-state index >= 15 is 0 Å². The number of nitrogens with one attached hydrogen (secondary N) is 2. The average Bonchev–Trinajstić information content (AvgIpc) is 2.49. The molecule has 0 radical (unpaired) electrons. The first-order chi connectivity index (χ1) is 6.83. The van der Waals surface area contributed by atoms with E-state index in [0.29, 0.717) is 12.5 Å². The van der Waals surface area contributed by atoms with Crippen LogP contribution in [0.15, 0.2) is 0 Å². The zero-order valence-electron chi connectivity index (χ0n) is 9.73. The van der Waals surface area contributed by atoms with Gasteiger partial charge < -0.3 is 10.6 Å². The number of hydrogen-bond acceptors (Lipinski definition) is 2. The van der Waals surface area contributed by atoms with Crippen LogP contribution in [0, 0.1) is 0 Å². The molecule has 1 amide bonds. The van der Waals surface area contributed by atoms with E-state index in [1.54, 1.807) is 0 Å². The van der Waals surface area contributed by atoms with Crippen molar-refractivity contribution in [3.8, 4) is 0 Å². The molecule has 1 atom stereocenters. The van der Waals surface area contributed by atoms with Crippen LogP contribution in [0.25, 0.3) is 0 Å². The van der Waals surface area contributed by atoms with Crippen molar-refractivity contribution in [1.29, 1.82) is 0 Å². The van der Waals surface area contributed by atoms with Gasteiger partial charge in [-0.05, 0) is 32.4 Å². The Labute approximate surface area is 87.6 Å². The minimum absolute atomic E-state index is 0.182. The lowest BCUT2D eigenvalue weighted by atomic mass is 10.1. The molecule has 0 aromatic heterocycles. The number of hydrogen-bond donors (Lipinski definition) is 2. The number of amides is 1. The fraction of sp³-hybridized carbons (Fsp3) is 0.909. The zero-order chi connectivity index (χ0) is 10.8. The summed E-state index contributed by atoms with van der Waals surface area (Å²) in [6.07, 6.45) is 3.98. The van der Waals surface area contributed by atoms with Crippen molar-refractivity contribution in [1.82, 2.24) is 10.6 Å². The molecular weight excluding hydrogens is 176 g/mol.